The number of carbonyl (C=O) groups is 2. The Labute approximate surface area is 87.0 Å². The average molecular weight is 214 g/mol. The van der Waals surface area contributed by atoms with E-state index in [1.807, 2.05) is 12.2 Å². The Hall–Kier alpha value is -1.56. The van der Waals surface area contributed by atoms with Gasteiger partial charge in [-0.25, -0.2) is 9.59 Å². The SMILES string of the molecule is O=C(NC1CC=CC1)N[C@@H](CO)C(=O)O. The van der Waals surface area contributed by atoms with Crippen LogP contribution < -0.4 is 10.6 Å². The number of rotatable bonds is 4. The van der Waals surface area contributed by atoms with Crippen molar-refractivity contribution in [1.29, 1.82) is 0 Å². The Balaban J connectivity index is 2.30. The van der Waals surface area contributed by atoms with E-state index in [2.05, 4.69) is 10.6 Å². The van der Waals surface area contributed by atoms with E-state index < -0.39 is 24.6 Å². The van der Waals surface area contributed by atoms with Crippen molar-refractivity contribution < 1.29 is 19.8 Å². The largest absolute Gasteiger partial charge is 0.480 e. The van der Waals surface area contributed by atoms with Gasteiger partial charge in [0, 0.05) is 6.04 Å². The van der Waals surface area contributed by atoms with E-state index in [0.29, 0.717) is 0 Å². The summed E-state index contributed by atoms with van der Waals surface area (Å²) in [4.78, 5) is 21.7. The van der Waals surface area contributed by atoms with Gasteiger partial charge >= 0.3 is 12.0 Å². The number of aliphatic hydroxyl groups excluding tert-OH is 1. The minimum atomic E-state index is -1.25. The number of hydrogen-bond donors (Lipinski definition) is 4. The first kappa shape index (κ1) is 11.5. The summed E-state index contributed by atoms with van der Waals surface area (Å²) < 4.78 is 0. The van der Waals surface area contributed by atoms with Crippen molar-refractivity contribution in [2.75, 3.05) is 6.61 Å². The summed E-state index contributed by atoms with van der Waals surface area (Å²) in [5, 5.41) is 22.0. The molecule has 0 aromatic carbocycles. The van der Waals surface area contributed by atoms with E-state index in [-0.39, 0.29) is 6.04 Å². The normalized spacial score (nSPS) is 17.4. The molecule has 0 aromatic heterocycles. The van der Waals surface area contributed by atoms with Crippen LogP contribution in [0.1, 0.15) is 12.8 Å². The lowest BCUT2D eigenvalue weighted by molar-refractivity contribution is -0.140. The Bertz CT molecular complexity index is 269. The van der Waals surface area contributed by atoms with Gasteiger partial charge in [-0.2, -0.15) is 0 Å². The maximum atomic E-state index is 11.2. The van der Waals surface area contributed by atoms with Crippen LogP contribution in [0.5, 0.6) is 0 Å². The summed E-state index contributed by atoms with van der Waals surface area (Å²) in [5.41, 5.74) is 0. The summed E-state index contributed by atoms with van der Waals surface area (Å²) in [6, 6.07) is -1.79. The van der Waals surface area contributed by atoms with Crippen molar-refractivity contribution in [3.8, 4) is 0 Å². The van der Waals surface area contributed by atoms with Crippen LogP contribution in [0.15, 0.2) is 12.2 Å². The van der Waals surface area contributed by atoms with E-state index in [1.54, 1.807) is 0 Å². The molecule has 0 bridgehead atoms. The highest BCUT2D eigenvalue weighted by molar-refractivity contribution is 5.82. The Morgan fingerprint density at radius 2 is 2.00 bits per heavy atom. The highest BCUT2D eigenvalue weighted by Gasteiger charge is 2.20. The number of amides is 2. The highest BCUT2D eigenvalue weighted by atomic mass is 16.4. The molecule has 0 aliphatic heterocycles. The van der Waals surface area contributed by atoms with E-state index in [1.165, 1.54) is 0 Å². The molecular formula is C9H14N2O4. The molecule has 6 nitrogen and oxygen atoms in total. The smallest absolute Gasteiger partial charge is 0.328 e. The summed E-state index contributed by atoms with van der Waals surface area (Å²) in [6.07, 6.45) is 5.41. The lowest BCUT2D eigenvalue weighted by atomic mass is 10.2. The van der Waals surface area contributed by atoms with Gasteiger partial charge in [-0.3, -0.25) is 0 Å². The first-order chi connectivity index (χ1) is 7.13. The monoisotopic (exact) mass is 214 g/mol. The van der Waals surface area contributed by atoms with Crippen LogP contribution >= 0.6 is 0 Å². The molecule has 1 aliphatic rings. The molecule has 84 valence electrons. The topological polar surface area (TPSA) is 98.7 Å². The van der Waals surface area contributed by atoms with Gasteiger partial charge in [0.1, 0.15) is 0 Å². The predicted octanol–water partition coefficient (Wildman–Crippen LogP) is -0.550. The standard InChI is InChI=1S/C9H14N2O4/c12-5-7(8(13)14)11-9(15)10-6-3-1-2-4-6/h1-2,6-7,12H,3-5H2,(H,13,14)(H2,10,11,15)/t7-/m0/s1. The second kappa shape index (κ2) is 5.35. The molecule has 0 fully saturated rings. The van der Waals surface area contributed by atoms with Crippen molar-refractivity contribution in [1.82, 2.24) is 10.6 Å². The molecule has 1 rings (SSSR count). The minimum absolute atomic E-state index is 0.0261. The van der Waals surface area contributed by atoms with Crippen LogP contribution in [0.4, 0.5) is 4.79 Å². The van der Waals surface area contributed by atoms with Crippen molar-refractivity contribution in [2.45, 2.75) is 24.9 Å². The molecule has 0 heterocycles. The molecular weight excluding hydrogens is 200 g/mol. The number of aliphatic hydroxyl groups is 1. The van der Waals surface area contributed by atoms with Gasteiger partial charge in [0.15, 0.2) is 6.04 Å². The third-order valence-electron chi connectivity index (χ3n) is 2.13. The number of carboxylic acids is 1. The molecule has 1 atom stereocenters. The quantitative estimate of drug-likeness (QED) is 0.472. The molecule has 4 N–H and O–H groups in total. The molecule has 0 radical (unpaired) electrons. The van der Waals surface area contributed by atoms with E-state index in [4.69, 9.17) is 10.2 Å². The Morgan fingerprint density at radius 1 is 1.40 bits per heavy atom. The Morgan fingerprint density at radius 3 is 2.47 bits per heavy atom. The second-order valence-corrected chi connectivity index (χ2v) is 3.33. The van der Waals surface area contributed by atoms with Gasteiger partial charge in [0.05, 0.1) is 6.61 Å². The molecule has 0 unspecified atom stereocenters. The molecule has 15 heavy (non-hydrogen) atoms. The molecule has 0 saturated heterocycles. The Kier molecular flexibility index (Phi) is 4.11. The number of aliphatic carboxylic acids is 1. The fourth-order valence-corrected chi connectivity index (χ4v) is 1.31. The predicted molar refractivity (Wildman–Crippen MR) is 52.3 cm³/mol. The molecule has 6 heteroatoms. The van der Waals surface area contributed by atoms with Crippen molar-refractivity contribution in [2.24, 2.45) is 0 Å². The van der Waals surface area contributed by atoms with Crippen LogP contribution in [-0.2, 0) is 4.79 Å². The number of carbonyl (C=O) groups excluding carboxylic acids is 1. The van der Waals surface area contributed by atoms with Gasteiger partial charge in [-0.05, 0) is 12.8 Å². The van der Waals surface area contributed by atoms with Gasteiger partial charge in [0.25, 0.3) is 0 Å². The summed E-state index contributed by atoms with van der Waals surface area (Å²) in [6.45, 7) is -0.619. The minimum Gasteiger partial charge on any atom is -0.480 e. The van der Waals surface area contributed by atoms with Gasteiger partial charge in [0.2, 0.25) is 0 Å². The van der Waals surface area contributed by atoms with E-state index >= 15 is 0 Å². The van der Waals surface area contributed by atoms with Crippen LogP contribution in [-0.4, -0.2) is 40.9 Å². The highest BCUT2D eigenvalue weighted by Crippen LogP contribution is 2.08. The second-order valence-electron chi connectivity index (χ2n) is 3.33. The number of urea groups is 1. The first-order valence-electron chi connectivity index (χ1n) is 4.69. The number of hydrogen-bond acceptors (Lipinski definition) is 3. The lowest BCUT2D eigenvalue weighted by Gasteiger charge is -2.16. The van der Waals surface area contributed by atoms with Crippen LogP contribution in [0.25, 0.3) is 0 Å². The van der Waals surface area contributed by atoms with Gasteiger partial charge in [-0.15, -0.1) is 0 Å². The fraction of sp³-hybridized carbons (Fsp3) is 0.556. The van der Waals surface area contributed by atoms with Crippen molar-refractivity contribution in [3.05, 3.63) is 12.2 Å². The maximum absolute atomic E-state index is 11.2. The third-order valence-corrected chi connectivity index (χ3v) is 2.13. The van der Waals surface area contributed by atoms with E-state index in [9.17, 15) is 9.59 Å². The zero-order chi connectivity index (χ0) is 11.3. The summed E-state index contributed by atoms with van der Waals surface area (Å²) in [5.74, 6) is -1.25. The zero-order valence-electron chi connectivity index (χ0n) is 8.14. The van der Waals surface area contributed by atoms with Crippen LogP contribution in [0.3, 0.4) is 0 Å². The zero-order valence-corrected chi connectivity index (χ0v) is 8.14. The average Bonchev–Trinajstić information content (AvgIpc) is 2.66. The van der Waals surface area contributed by atoms with E-state index in [0.717, 1.165) is 12.8 Å². The number of nitrogens with one attached hydrogen (secondary N) is 2. The van der Waals surface area contributed by atoms with Gasteiger partial charge < -0.3 is 20.8 Å². The van der Waals surface area contributed by atoms with Crippen molar-refractivity contribution in [3.63, 3.8) is 0 Å². The third kappa shape index (κ3) is 3.59. The summed E-state index contributed by atoms with van der Waals surface area (Å²) >= 11 is 0. The molecule has 2 amide bonds. The lowest BCUT2D eigenvalue weighted by Crippen LogP contribution is -2.50. The molecule has 0 saturated carbocycles. The first-order valence-corrected chi connectivity index (χ1v) is 4.69. The fourth-order valence-electron chi connectivity index (χ4n) is 1.31. The maximum Gasteiger partial charge on any atom is 0.328 e. The van der Waals surface area contributed by atoms with Crippen LogP contribution in [0, 0.1) is 0 Å². The molecule has 1 aliphatic carbocycles. The summed E-state index contributed by atoms with van der Waals surface area (Å²) in [7, 11) is 0. The molecule has 0 spiro atoms. The van der Waals surface area contributed by atoms with Crippen molar-refractivity contribution >= 4 is 12.0 Å². The van der Waals surface area contributed by atoms with Gasteiger partial charge in [-0.1, -0.05) is 12.2 Å². The van der Waals surface area contributed by atoms with Crippen LogP contribution in [0.2, 0.25) is 0 Å². The molecule has 0 aromatic rings. The number of carboxylic acid groups (broad SMARTS) is 1.